The Hall–Kier alpha value is -3.84. The molecule has 1 saturated heterocycles. The number of aromatic nitrogens is 3. The fraction of sp³-hybridized carbons (Fsp3) is 0.231. The van der Waals surface area contributed by atoms with E-state index in [1.165, 1.54) is 32.1 Å². The molecule has 4 aromatic rings. The van der Waals surface area contributed by atoms with Gasteiger partial charge in [-0.25, -0.2) is 9.97 Å². The summed E-state index contributed by atoms with van der Waals surface area (Å²) in [6.07, 6.45) is 7.39. The van der Waals surface area contributed by atoms with E-state index >= 15 is 0 Å². The van der Waals surface area contributed by atoms with E-state index in [1.54, 1.807) is 23.0 Å². The number of anilines is 1. The van der Waals surface area contributed by atoms with E-state index in [1.807, 2.05) is 48.5 Å². The molecule has 0 radical (unpaired) electrons. The highest BCUT2D eigenvalue weighted by atomic mass is 16.1. The van der Waals surface area contributed by atoms with Crippen molar-refractivity contribution in [1.29, 1.82) is 5.41 Å². The summed E-state index contributed by atoms with van der Waals surface area (Å²) in [6, 6.07) is 16.9. The standard InChI is InChI=1S/C26H26N6O/c27-17-21-15-22(7-8-23(21)28-10-14-31-11-3-4-12-31)32-13-9-19(16-25(32)33)26-29-18-20-5-1-2-6-24(20)30-26/h1-2,5-9,13,15-18,27-28H,3-4,10-12,14H2. The normalized spacial score (nSPS) is 13.9. The van der Waals surface area contributed by atoms with Gasteiger partial charge in [0.05, 0.1) is 5.52 Å². The van der Waals surface area contributed by atoms with Crippen LogP contribution in [0.25, 0.3) is 28.0 Å². The average molecular weight is 439 g/mol. The Morgan fingerprint density at radius 2 is 1.91 bits per heavy atom. The summed E-state index contributed by atoms with van der Waals surface area (Å²) in [6.45, 7) is 4.17. The van der Waals surface area contributed by atoms with Gasteiger partial charge in [-0.05, 0) is 56.3 Å². The Labute approximate surface area is 192 Å². The SMILES string of the molecule is N=Cc1cc(-n2ccc(-c3ncc4ccccc4n3)cc2=O)ccc1NCCN1CCCC1. The predicted octanol–water partition coefficient (Wildman–Crippen LogP) is 3.95. The lowest BCUT2D eigenvalue weighted by Gasteiger charge is -2.17. The summed E-state index contributed by atoms with van der Waals surface area (Å²) >= 11 is 0. The third-order valence-electron chi connectivity index (χ3n) is 6.08. The molecule has 0 atom stereocenters. The molecule has 0 aliphatic carbocycles. The smallest absolute Gasteiger partial charge is 0.255 e. The number of likely N-dealkylation sites (tertiary alicyclic amines) is 1. The third-order valence-corrected chi connectivity index (χ3v) is 6.08. The molecule has 0 unspecified atom stereocenters. The largest absolute Gasteiger partial charge is 0.383 e. The molecule has 1 aliphatic rings. The van der Waals surface area contributed by atoms with Crippen LogP contribution in [0.1, 0.15) is 18.4 Å². The number of hydrogen-bond donors (Lipinski definition) is 2. The predicted molar refractivity (Wildman–Crippen MR) is 133 cm³/mol. The van der Waals surface area contributed by atoms with E-state index in [4.69, 9.17) is 5.41 Å². The second-order valence-electron chi connectivity index (χ2n) is 8.27. The molecule has 1 fully saturated rings. The maximum atomic E-state index is 12.9. The molecule has 5 rings (SSSR count). The van der Waals surface area contributed by atoms with Crippen molar-refractivity contribution < 1.29 is 0 Å². The van der Waals surface area contributed by atoms with Crippen molar-refractivity contribution in [3.8, 4) is 17.1 Å². The molecule has 7 heteroatoms. The molecule has 2 N–H and O–H groups in total. The van der Waals surface area contributed by atoms with Crippen molar-refractivity contribution in [2.45, 2.75) is 12.8 Å². The van der Waals surface area contributed by atoms with E-state index in [0.29, 0.717) is 11.4 Å². The highest BCUT2D eigenvalue weighted by molar-refractivity contribution is 5.87. The van der Waals surface area contributed by atoms with Gasteiger partial charge in [0.25, 0.3) is 5.56 Å². The first-order valence-corrected chi connectivity index (χ1v) is 11.3. The van der Waals surface area contributed by atoms with Crippen molar-refractivity contribution in [1.82, 2.24) is 19.4 Å². The van der Waals surface area contributed by atoms with Crippen LogP contribution in [-0.2, 0) is 0 Å². The average Bonchev–Trinajstić information content (AvgIpc) is 3.37. The van der Waals surface area contributed by atoms with Crippen LogP contribution >= 0.6 is 0 Å². The Morgan fingerprint density at radius 1 is 1.06 bits per heavy atom. The van der Waals surface area contributed by atoms with Crippen molar-refractivity contribution in [2.24, 2.45) is 0 Å². The van der Waals surface area contributed by atoms with E-state index in [9.17, 15) is 4.79 Å². The third kappa shape index (κ3) is 4.54. The van der Waals surface area contributed by atoms with Gasteiger partial charge < -0.3 is 15.6 Å². The number of pyridine rings is 1. The van der Waals surface area contributed by atoms with Gasteiger partial charge in [-0.2, -0.15) is 0 Å². The molecule has 2 aromatic carbocycles. The monoisotopic (exact) mass is 438 g/mol. The minimum absolute atomic E-state index is 0.171. The van der Waals surface area contributed by atoms with Gasteiger partial charge in [-0.1, -0.05) is 18.2 Å². The molecule has 0 bridgehead atoms. The Morgan fingerprint density at radius 3 is 2.73 bits per heavy atom. The lowest BCUT2D eigenvalue weighted by molar-refractivity contribution is 0.352. The fourth-order valence-corrected chi connectivity index (χ4v) is 4.28. The molecule has 3 heterocycles. The molecule has 0 spiro atoms. The van der Waals surface area contributed by atoms with Crippen molar-refractivity contribution in [3.05, 3.63) is 82.9 Å². The molecule has 1 aliphatic heterocycles. The van der Waals surface area contributed by atoms with Crippen LogP contribution in [0.2, 0.25) is 0 Å². The lowest BCUT2D eigenvalue weighted by atomic mass is 10.1. The molecule has 0 saturated carbocycles. The second kappa shape index (κ2) is 9.34. The van der Waals surface area contributed by atoms with Crippen LogP contribution in [0.5, 0.6) is 0 Å². The zero-order valence-corrected chi connectivity index (χ0v) is 18.4. The highest BCUT2D eigenvalue weighted by Crippen LogP contribution is 2.20. The van der Waals surface area contributed by atoms with E-state index in [2.05, 4.69) is 20.2 Å². The van der Waals surface area contributed by atoms with Crippen molar-refractivity contribution in [3.63, 3.8) is 0 Å². The molecule has 7 nitrogen and oxygen atoms in total. The quantitative estimate of drug-likeness (QED) is 0.427. The van der Waals surface area contributed by atoms with Gasteiger partial charge in [0, 0.05) is 65.7 Å². The number of para-hydroxylation sites is 1. The van der Waals surface area contributed by atoms with Crippen LogP contribution < -0.4 is 10.9 Å². The number of fused-ring (bicyclic) bond motifs is 1. The molecule has 0 amide bonds. The summed E-state index contributed by atoms with van der Waals surface area (Å²) in [7, 11) is 0. The van der Waals surface area contributed by atoms with E-state index in [-0.39, 0.29) is 5.56 Å². The van der Waals surface area contributed by atoms with Crippen LogP contribution in [0.4, 0.5) is 5.69 Å². The highest BCUT2D eigenvalue weighted by Gasteiger charge is 2.12. The zero-order chi connectivity index (χ0) is 22.6. The number of nitrogens with zero attached hydrogens (tertiary/aromatic N) is 4. The summed E-state index contributed by atoms with van der Waals surface area (Å²) < 4.78 is 1.57. The Bertz CT molecular complexity index is 1360. The summed E-state index contributed by atoms with van der Waals surface area (Å²) in [5, 5.41) is 12.2. The number of hydrogen-bond acceptors (Lipinski definition) is 6. The Kier molecular flexibility index (Phi) is 5.95. The van der Waals surface area contributed by atoms with Crippen molar-refractivity contribution >= 4 is 22.8 Å². The minimum Gasteiger partial charge on any atom is -0.383 e. The number of benzene rings is 2. The minimum atomic E-state index is -0.171. The maximum Gasteiger partial charge on any atom is 0.255 e. The fourth-order valence-electron chi connectivity index (χ4n) is 4.28. The van der Waals surface area contributed by atoms with Gasteiger partial charge in [-0.3, -0.25) is 9.36 Å². The van der Waals surface area contributed by atoms with Crippen LogP contribution in [0, 0.1) is 5.41 Å². The second-order valence-corrected chi connectivity index (χ2v) is 8.27. The molecular formula is C26H26N6O. The van der Waals surface area contributed by atoms with Gasteiger partial charge in [0.15, 0.2) is 5.82 Å². The van der Waals surface area contributed by atoms with E-state index < -0.39 is 0 Å². The van der Waals surface area contributed by atoms with Crippen LogP contribution in [0.3, 0.4) is 0 Å². The summed E-state index contributed by atoms with van der Waals surface area (Å²) in [5.74, 6) is 0.524. The topological polar surface area (TPSA) is 86.9 Å². The number of nitrogens with one attached hydrogen (secondary N) is 2. The van der Waals surface area contributed by atoms with Gasteiger partial charge in [0.2, 0.25) is 0 Å². The van der Waals surface area contributed by atoms with Gasteiger partial charge in [0.1, 0.15) is 0 Å². The van der Waals surface area contributed by atoms with Crippen LogP contribution in [0.15, 0.2) is 71.8 Å². The lowest BCUT2D eigenvalue weighted by Crippen LogP contribution is -2.26. The Balaban J connectivity index is 1.37. The van der Waals surface area contributed by atoms with E-state index in [0.717, 1.165) is 40.9 Å². The summed E-state index contributed by atoms with van der Waals surface area (Å²) in [5.41, 5.74) is 3.72. The van der Waals surface area contributed by atoms with Crippen molar-refractivity contribution in [2.75, 3.05) is 31.5 Å². The summed E-state index contributed by atoms with van der Waals surface area (Å²) in [4.78, 5) is 24.4. The van der Waals surface area contributed by atoms with Gasteiger partial charge >= 0.3 is 0 Å². The number of rotatable bonds is 7. The maximum absolute atomic E-state index is 12.9. The van der Waals surface area contributed by atoms with Gasteiger partial charge in [-0.15, -0.1) is 0 Å². The van der Waals surface area contributed by atoms with Crippen LogP contribution in [-0.4, -0.2) is 51.8 Å². The first kappa shape index (κ1) is 21.0. The first-order valence-electron chi connectivity index (χ1n) is 11.3. The first-order chi connectivity index (χ1) is 16.2. The molecule has 2 aromatic heterocycles. The zero-order valence-electron chi connectivity index (χ0n) is 18.4. The molecular weight excluding hydrogens is 412 g/mol. The molecule has 33 heavy (non-hydrogen) atoms. The molecule has 166 valence electrons.